The van der Waals surface area contributed by atoms with Crippen LogP contribution >= 0.6 is 0 Å². The van der Waals surface area contributed by atoms with Gasteiger partial charge in [0.2, 0.25) is 0 Å². The number of hydrogen-bond acceptors (Lipinski definition) is 12. The Bertz CT molecular complexity index is 2610. The van der Waals surface area contributed by atoms with Crippen LogP contribution in [0.1, 0.15) is 79.7 Å². The summed E-state index contributed by atoms with van der Waals surface area (Å²) >= 11 is 0. The van der Waals surface area contributed by atoms with Crippen molar-refractivity contribution in [1.29, 1.82) is 0 Å². The lowest BCUT2D eigenvalue weighted by atomic mass is 9.81. The molecule has 5 aromatic carbocycles. The number of carbonyl (C=O) groups excluding carboxylic acids is 3. The molecule has 0 bridgehead atoms. The second-order valence-corrected chi connectivity index (χ2v) is 19.2. The summed E-state index contributed by atoms with van der Waals surface area (Å²) in [5, 5.41) is 10.3. The number of nitrogens with one attached hydrogen (secondary N) is 2. The van der Waals surface area contributed by atoms with Crippen molar-refractivity contribution >= 4 is 18.3 Å². The van der Waals surface area contributed by atoms with Crippen molar-refractivity contribution in [3.8, 4) is 0 Å². The van der Waals surface area contributed by atoms with Crippen LogP contribution in [0.5, 0.6) is 0 Å². The molecule has 74 heavy (non-hydrogen) atoms. The highest BCUT2D eigenvalue weighted by atomic mass is 16.8. The normalized spacial score (nSPS) is 25.3. The molecule has 10 atom stereocenters. The summed E-state index contributed by atoms with van der Waals surface area (Å²) in [6.07, 6.45) is -3.48. The van der Waals surface area contributed by atoms with E-state index >= 15 is 0 Å². The maximum absolute atomic E-state index is 14.3. The lowest BCUT2D eigenvalue weighted by Gasteiger charge is -2.49. The van der Waals surface area contributed by atoms with Gasteiger partial charge in [0.15, 0.2) is 12.1 Å². The third-order valence-electron chi connectivity index (χ3n) is 14.2. The highest BCUT2D eigenvalue weighted by Crippen LogP contribution is 2.47. The first-order valence-corrected chi connectivity index (χ1v) is 25.6. The summed E-state index contributed by atoms with van der Waals surface area (Å²) in [5.74, 6) is -1.05. The molecule has 4 fully saturated rings. The standard InChI is InChI=1S/C57H64N6O11/c1-39(63(34-40-20-8-2-9-21-40)56(66)70-38-44-28-16-6-17-29-44)46-31-30-45(61-62-58)53(71-46)72-50-47(59-54(64)68-36-42-24-12-4-13-25-42)49(67-35-41-22-10-3-11-23-41)48(60-55(65)69-37-43-26-14-5-15-27-43)51-52(50)74-57(73-51)32-18-7-19-33-57/h2-6,8-17,20-29,39,45-53H,7,18-19,30-38H2,1H3,(H,59,64)(H,60,65)/t39-,45+,46-,47-,48+,49-,50+,51-,52-,53+/m0/s1. The van der Waals surface area contributed by atoms with Crippen molar-refractivity contribution in [2.24, 2.45) is 5.11 Å². The number of carbonyl (C=O) groups is 3. The Labute approximate surface area is 431 Å². The third kappa shape index (κ3) is 13.4. The lowest BCUT2D eigenvalue weighted by Crippen LogP contribution is -2.73. The van der Waals surface area contributed by atoms with Gasteiger partial charge >= 0.3 is 18.3 Å². The smallest absolute Gasteiger partial charge is 0.410 e. The molecule has 2 N–H and O–H groups in total. The average molecular weight is 1010 g/mol. The summed E-state index contributed by atoms with van der Waals surface area (Å²) < 4.78 is 52.8. The zero-order chi connectivity index (χ0) is 51.1. The molecule has 2 aliphatic carbocycles. The van der Waals surface area contributed by atoms with Crippen LogP contribution in [0.3, 0.4) is 0 Å². The van der Waals surface area contributed by atoms with Gasteiger partial charge in [-0.1, -0.05) is 163 Å². The molecule has 2 saturated heterocycles. The number of hydrogen-bond donors (Lipinski definition) is 2. The van der Waals surface area contributed by atoms with Crippen molar-refractivity contribution in [1.82, 2.24) is 15.5 Å². The minimum atomic E-state index is -1.23. The van der Waals surface area contributed by atoms with E-state index in [-0.39, 0.29) is 33.0 Å². The topological polar surface area (TPSA) is 201 Å². The molecule has 4 aliphatic rings. The van der Waals surface area contributed by atoms with Gasteiger partial charge in [-0.05, 0) is 66.0 Å². The number of alkyl carbamates (subject to hydrolysis) is 2. The van der Waals surface area contributed by atoms with Crippen molar-refractivity contribution < 1.29 is 52.3 Å². The van der Waals surface area contributed by atoms with E-state index in [1.165, 1.54) is 0 Å². The fourth-order valence-corrected chi connectivity index (χ4v) is 10.4. The summed E-state index contributed by atoms with van der Waals surface area (Å²) in [4.78, 5) is 47.4. The molecular formula is C57H64N6O11. The molecule has 388 valence electrons. The molecule has 3 amide bonds. The van der Waals surface area contributed by atoms with Gasteiger partial charge in [-0.25, -0.2) is 14.4 Å². The van der Waals surface area contributed by atoms with E-state index in [4.69, 9.17) is 37.9 Å². The predicted molar refractivity (Wildman–Crippen MR) is 271 cm³/mol. The number of ether oxygens (including phenoxy) is 8. The third-order valence-corrected chi connectivity index (χ3v) is 14.2. The predicted octanol–water partition coefficient (Wildman–Crippen LogP) is 10.4. The van der Waals surface area contributed by atoms with Gasteiger partial charge in [-0.15, -0.1) is 0 Å². The lowest BCUT2D eigenvalue weighted by molar-refractivity contribution is -0.267. The number of amides is 3. The highest BCUT2D eigenvalue weighted by Gasteiger charge is 2.63. The Kier molecular flexibility index (Phi) is 17.7. The van der Waals surface area contributed by atoms with Gasteiger partial charge in [-0.2, -0.15) is 0 Å². The van der Waals surface area contributed by atoms with Crippen LogP contribution in [0.25, 0.3) is 10.4 Å². The van der Waals surface area contributed by atoms with Crippen molar-refractivity contribution in [2.45, 2.75) is 152 Å². The Morgan fingerprint density at radius 3 is 1.66 bits per heavy atom. The molecule has 0 aromatic heterocycles. The monoisotopic (exact) mass is 1010 g/mol. The number of fused-ring (bicyclic) bond motifs is 1. The Hall–Kier alpha value is -6.98. The minimum Gasteiger partial charge on any atom is -0.445 e. The van der Waals surface area contributed by atoms with Crippen molar-refractivity contribution in [3.63, 3.8) is 0 Å². The molecule has 2 saturated carbocycles. The maximum Gasteiger partial charge on any atom is 0.410 e. The zero-order valence-corrected chi connectivity index (χ0v) is 41.5. The molecule has 1 spiro atoms. The van der Waals surface area contributed by atoms with Crippen LogP contribution in [-0.4, -0.2) is 89.9 Å². The number of azide groups is 1. The number of benzene rings is 5. The van der Waals surface area contributed by atoms with Gasteiger partial charge in [0.1, 0.15) is 44.2 Å². The molecule has 17 heteroatoms. The fraction of sp³-hybridized carbons (Fsp3) is 0.421. The summed E-state index contributed by atoms with van der Waals surface area (Å²) in [5.41, 5.74) is 14.1. The van der Waals surface area contributed by atoms with Gasteiger partial charge in [0, 0.05) is 24.3 Å². The quantitative estimate of drug-likeness (QED) is 0.0366. The second-order valence-electron chi connectivity index (χ2n) is 19.2. The van der Waals surface area contributed by atoms with Gasteiger partial charge in [0.05, 0.1) is 36.9 Å². The molecule has 5 aromatic rings. The van der Waals surface area contributed by atoms with Crippen LogP contribution in [0.15, 0.2) is 157 Å². The van der Waals surface area contributed by atoms with E-state index in [0.29, 0.717) is 25.7 Å². The zero-order valence-electron chi connectivity index (χ0n) is 41.5. The number of rotatable bonds is 18. The highest BCUT2D eigenvalue weighted by molar-refractivity contribution is 5.69. The van der Waals surface area contributed by atoms with Crippen molar-refractivity contribution in [2.75, 3.05) is 0 Å². The van der Waals surface area contributed by atoms with Crippen LogP contribution in [-0.2, 0) is 70.9 Å². The first-order valence-electron chi connectivity index (χ1n) is 25.6. The Balaban J connectivity index is 1.06. The second kappa shape index (κ2) is 25.3. The molecule has 17 nitrogen and oxygen atoms in total. The summed E-state index contributed by atoms with van der Waals surface area (Å²) in [6.45, 7) is 2.21. The van der Waals surface area contributed by atoms with E-state index in [2.05, 4.69) is 20.7 Å². The minimum absolute atomic E-state index is 0.00349. The molecule has 2 heterocycles. The van der Waals surface area contributed by atoms with E-state index in [0.717, 1.165) is 47.1 Å². The summed E-state index contributed by atoms with van der Waals surface area (Å²) in [6, 6.07) is 43.7. The first kappa shape index (κ1) is 51.9. The molecule has 2 aliphatic heterocycles. The van der Waals surface area contributed by atoms with Crippen LogP contribution in [0.4, 0.5) is 14.4 Å². The SMILES string of the molecule is C[C@@H]([C@@H]1CC[C@@H](N=[N+]=[N-])[C@@H](O[C@@H]2[C@@H](NC(=O)OCc3ccccc3)[C@H](OCc3ccccc3)[C@@H](NC(=O)OCc3ccccc3)[C@@H]3OC4(CCCCC4)O[C@@H]23)O1)N(Cc1ccccc1)C(=O)OCc1ccccc1. The van der Waals surface area contributed by atoms with E-state index in [9.17, 15) is 19.9 Å². The van der Waals surface area contributed by atoms with Crippen LogP contribution in [0, 0.1) is 0 Å². The Morgan fingerprint density at radius 1 is 0.635 bits per heavy atom. The van der Waals surface area contributed by atoms with Crippen molar-refractivity contribution in [3.05, 3.63) is 190 Å². The first-order chi connectivity index (χ1) is 36.2. The number of nitrogens with zero attached hydrogens (tertiary/aromatic N) is 4. The molecule has 0 unspecified atom stereocenters. The largest absolute Gasteiger partial charge is 0.445 e. The van der Waals surface area contributed by atoms with Gasteiger partial charge < -0.3 is 48.5 Å². The van der Waals surface area contributed by atoms with Gasteiger partial charge in [0.25, 0.3) is 0 Å². The summed E-state index contributed by atoms with van der Waals surface area (Å²) in [7, 11) is 0. The Morgan fingerprint density at radius 2 is 1.12 bits per heavy atom. The van der Waals surface area contributed by atoms with E-state index < -0.39 is 85.0 Å². The molecular weight excluding hydrogens is 945 g/mol. The average Bonchev–Trinajstić information content (AvgIpc) is 3.81. The maximum atomic E-state index is 14.3. The fourth-order valence-electron chi connectivity index (χ4n) is 10.4. The molecule has 9 rings (SSSR count). The van der Waals surface area contributed by atoms with Gasteiger partial charge in [-0.3, -0.25) is 4.90 Å². The van der Waals surface area contributed by atoms with Crippen LogP contribution < -0.4 is 10.6 Å². The van der Waals surface area contributed by atoms with E-state index in [1.54, 1.807) is 4.90 Å². The van der Waals surface area contributed by atoms with E-state index in [1.807, 2.05) is 159 Å². The molecule has 0 radical (unpaired) electrons. The van der Waals surface area contributed by atoms with Crippen LogP contribution in [0.2, 0.25) is 0 Å².